The third kappa shape index (κ3) is 2.68. The lowest BCUT2D eigenvalue weighted by molar-refractivity contribution is 1.13. The highest BCUT2D eigenvalue weighted by Crippen LogP contribution is 2.19. The van der Waals surface area contributed by atoms with Gasteiger partial charge in [0.1, 0.15) is 0 Å². The van der Waals surface area contributed by atoms with Gasteiger partial charge in [-0.05, 0) is 28.2 Å². The highest BCUT2D eigenvalue weighted by atomic mass is 127. The fourth-order valence-electron chi connectivity index (χ4n) is 1.11. The van der Waals surface area contributed by atoms with Gasteiger partial charge < -0.3 is 5.32 Å². The Labute approximate surface area is 101 Å². The van der Waals surface area contributed by atoms with E-state index in [4.69, 9.17) is 0 Å². The Balaban J connectivity index is 1.95. The number of nitrogens with one attached hydrogen (secondary N) is 1. The van der Waals surface area contributed by atoms with Gasteiger partial charge in [-0.25, -0.2) is 4.98 Å². The second-order valence-corrected chi connectivity index (χ2v) is 5.73. The third-order valence-electron chi connectivity index (χ3n) is 1.76. The van der Waals surface area contributed by atoms with Crippen molar-refractivity contribution >= 4 is 39.1 Å². The van der Waals surface area contributed by atoms with Gasteiger partial charge in [-0.2, -0.15) is 0 Å². The third-order valence-corrected chi connectivity index (χ3v) is 3.45. The molecule has 0 bridgehead atoms. The summed E-state index contributed by atoms with van der Waals surface area (Å²) in [7, 11) is 0. The highest BCUT2D eigenvalue weighted by Gasteiger charge is 1.97. The molecule has 0 unspecified atom stereocenters. The maximum absolute atomic E-state index is 4.23. The molecule has 2 nitrogen and oxygen atoms in total. The zero-order valence-electron chi connectivity index (χ0n) is 7.40. The van der Waals surface area contributed by atoms with E-state index in [2.05, 4.69) is 45.0 Å². The molecule has 1 heterocycles. The first-order chi connectivity index (χ1) is 6.84. The predicted octanol–water partition coefficient (Wildman–Crippen LogP) is 3.36. The van der Waals surface area contributed by atoms with Crippen LogP contribution in [0, 0.1) is 2.88 Å². The minimum absolute atomic E-state index is 0.838. The normalized spacial score (nSPS) is 10.1. The minimum Gasteiger partial charge on any atom is -0.357 e. The lowest BCUT2D eigenvalue weighted by atomic mass is 10.2. The van der Waals surface area contributed by atoms with E-state index in [-0.39, 0.29) is 0 Å². The first kappa shape index (κ1) is 9.92. The van der Waals surface area contributed by atoms with Crippen molar-refractivity contribution in [1.29, 1.82) is 0 Å². The molecule has 4 heteroatoms. The number of aromatic nitrogens is 1. The zero-order valence-corrected chi connectivity index (χ0v) is 10.4. The molecular weight excluding hydrogens is 307 g/mol. The van der Waals surface area contributed by atoms with Crippen LogP contribution in [0.1, 0.15) is 5.56 Å². The summed E-state index contributed by atoms with van der Waals surface area (Å²) in [6.45, 7) is 0.838. The van der Waals surface area contributed by atoms with Crippen LogP contribution in [0.5, 0.6) is 0 Å². The van der Waals surface area contributed by atoms with Gasteiger partial charge in [0.25, 0.3) is 0 Å². The fourth-order valence-corrected chi connectivity index (χ4v) is 2.41. The second kappa shape index (κ2) is 4.75. The van der Waals surface area contributed by atoms with E-state index in [9.17, 15) is 0 Å². The molecule has 0 aliphatic carbocycles. The first-order valence-electron chi connectivity index (χ1n) is 4.24. The van der Waals surface area contributed by atoms with Crippen molar-refractivity contribution in [2.75, 3.05) is 5.32 Å². The summed E-state index contributed by atoms with van der Waals surface area (Å²) in [5, 5.41) is 4.27. The monoisotopic (exact) mass is 316 g/mol. The molecule has 0 spiro atoms. The van der Waals surface area contributed by atoms with E-state index in [0.29, 0.717) is 0 Å². The van der Waals surface area contributed by atoms with E-state index in [0.717, 1.165) is 11.7 Å². The molecule has 0 saturated carbocycles. The van der Waals surface area contributed by atoms with Crippen LogP contribution in [0.4, 0.5) is 5.13 Å². The van der Waals surface area contributed by atoms with Crippen molar-refractivity contribution in [3.05, 3.63) is 45.0 Å². The molecule has 1 N–H and O–H groups in total. The van der Waals surface area contributed by atoms with Crippen LogP contribution in [0.2, 0.25) is 0 Å². The summed E-state index contributed by atoms with van der Waals surface area (Å²) in [6, 6.07) is 10.3. The zero-order chi connectivity index (χ0) is 9.80. The number of thiazole rings is 1. The summed E-state index contributed by atoms with van der Waals surface area (Å²) in [6.07, 6.45) is 1.87. The fraction of sp³-hybridized carbons (Fsp3) is 0.100. The van der Waals surface area contributed by atoms with Crippen molar-refractivity contribution in [2.45, 2.75) is 6.54 Å². The van der Waals surface area contributed by atoms with Crippen LogP contribution in [0.15, 0.2) is 36.5 Å². The quantitative estimate of drug-likeness (QED) is 0.879. The highest BCUT2D eigenvalue weighted by molar-refractivity contribution is 14.1. The van der Waals surface area contributed by atoms with E-state index >= 15 is 0 Å². The number of benzene rings is 1. The van der Waals surface area contributed by atoms with Crippen molar-refractivity contribution in [3.63, 3.8) is 0 Å². The predicted molar refractivity (Wildman–Crippen MR) is 68.6 cm³/mol. The van der Waals surface area contributed by atoms with Gasteiger partial charge in [-0.3, -0.25) is 0 Å². The maximum Gasteiger partial charge on any atom is 0.183 e. The summed E-state index contributed by atoms with van der Waals surface area (Å²) in [4.78, 5) is 4.23. The molecule has 0 fully saturated rings. The minimum atomic E-state index is 0.838. The van der Waals surface area contributed by atoms with Gasteiger partial charge in [0.15, 0.2) is 5.13 Å². The average molecular weight is 316 g/mol. The molecular formula is C10H9IN2S. The summed E-state index contributed by atoms with van der Waals surface area (Å²) in [5.74, 6) is 0. The van der Waals surface area contributed by atoms with E-state index in [1.807, 2.05) is 24.4 Å². The molecule has 1 aromatic heterocycles. The van der Waals surface area contributed by atoms with Gasteiger partial charge in [0.05, 0.1) is 9.08 Å². The van der Waals surface area contributed by atoms with Crippen LogP contribution >= 0.6 is 33.9 Å². The Kier molecular flexibility index (Phi) is 3.36. The molecule has 14 heavy (non-hydrogen) atoms. The Morgan fingerprint density at radius 2 is 2.07 bits per heavy atom. The van der Waals surface area contributed by atoms with Crippen molar-refractivity contribution in [1.82, 2.24) is 4.98 Å². The number of hydrogen-bond acceptors (Lipinski definition) is 3. The molecule has 0 radical (unpaired) electrons. The summed E-state index contributed by atoms with van der Waals surface area (Å²) < 4.78 is 1.21. The summed E-state index contributed by atoms with van der Waals surface area (Å²) in [5.41, 5.74) is 1.28. The van der Waals surface area contributed by atoms with Crippen molar-refractivity contribution in [3.8, 4) is 0 Å². The van der Waals surface area contributed by atoms with Crippen LogP contribution in [-0.4, -0.2) is 4.98 Å². The van der Waals surface area contributed by atoms with Gasteiger partial charge in [0.2, 0.25) is 0 Å². The van der Waals surface area contributed by atoms with E-state index in [1.165, 1.54) is 8.45 Å². The van der Waals surface area contributed by atoms with Crippen molar-refractivity contribution in [2.24, 2.45) is 0 Å². The Morgan fingerprint density at radius 1 is 1.29 bits per heavy atom. The molecule has 2 aromatic rings. The lowest BCUT2D eigenvalue weighted by Gasteiger charge is -2.01. The van der Waals surface area contributed by atoms with Gasteiger partial charge >= 0.3 is 0 Å². The summed E-state index contributed by atoms with van der Waals surface area (Å²) >= 11 is 3.94. The number of nitrogens with zero attached hydrogens (tertiary/aromatic N) is 1. The molecule has 72 valence electrons. The number of hydrogen-bond donors (Lipinski definition) is 1. The number of halogens is 1. The van der Waals surface area contributed by atoms with E-state index < -0.39 is 0 Å². The standard InChI is InChI=1S/C10H9IN2S/c11-9-7-13-10(14-9)12-6-8-4-2-1-3-5-8/h1-5,7H,6H2,(H,12,13). The molecule has 0 atom stereocenters. The van der Waals surface area contributed by atoms with Gasteiger partial charge in [0, 0.05) is 6.54 Å². The molecule has 1 aromatic carbocycles. The Bertz CT molecular complexity index is 400. The molecule has 2 rings (SSSR count). The molecule has 0 amide bonds. The van der Waals surface area contributed by atoms with Crippen LogP contribution in [-0.2, 0) is 6.54 Å². The van der Waals surface area contributed by atoms with E-state index in [1.54, 1.807) is 11.3 Å². The molecule has 0 aliphatic heterocycles. The van der Waals surface area contributed by atoms with Crippen LogP contribution < -0.4 is 5.32 Å². The smallest absolute Gasteiger partial charge is 0.183 e. The van der Waals surface area contributed by atoms with Gasteiger partial charge in [-0.15, -0.1) is 0 Å². The number of anilines is 1. The second-order valence-electron chi connectivity index (χ2n) is 2.81. The first-order valence-corrected chi connectivity index (χ1v) is 6.13. The topological polar surface area (TPSA) is 24.9 Å². The SMILES string of the molecule is Ic1cnc(NCc2ccccc2)s1. The molecule has 0 aliphatic rings. The van der Waals surface area contributed by atoms with Crippen LogP contribution in [0.3, 0.4) is 0 Å². The largest absolute Gasteiger partial charge is 0.357 e. The molecule has 0 saturated heterocycles. The van der Waals surface area contributed by atoms with Crippen molar-refractivity contribution < 1.29 is 0 Å². The van der Waals surface area contributed by atoms with Gasteiger partial charge in [-0.1, -0.05) is 41.7 Å². The number of rotatable bonds is 3. The average Bonchev–Trinajstić information content (AvgIpc) is 2.63. The lowest BCUT2D eigenvalue weighted by Crippen LogP contribution is -1.97. The maximum atomic E-state index is 4.23. The Morgan fingerprint density at radius 3 is 2.71 bits per heavy atom. The Hall–Kier alpha value is -0.620. The van der Waals surface area contributed by atoms with Crippen LogP contribution in [0.25, 0.3) is 0 Å².